The third-order valence-electron chi connectivity index (χ3n) is 5.25. The number of hydrogen-bond donors (Lipinski definition) is 1. The molecule has 0 bridgehead atoms. The van der Waals surface area contributed by atoms with Gasteiger partial charge in [0.05, 0.1) is 12.3 Å². The number of carbonyl (C=O) groups is 1. The zero-order valence-electron chi connectivity index (χ0n) is 19.6. The quantitative estimate of drug-likeness (QED) is 0.162. The predicted octanol–water partition coefficient (Wildman–Crippen LogP) is 5.83. The summed E-state index contributed by atoms with van der Waals surface area (Å²) in [4.78, 5) is 14.1. The van der Waals surface area contributed by atoms with Gasteiger partial charge in [0.2, 0.25) is 0 Å². The van der Waals surface area contributed by atoms with Gasteiger partial charge in [-0.2, -0.15) is 47.9 Å². The molecule has 18 heteroatoms. The van der Waals surface area contributed by atoms with Gasteiger partial charge in [0, 0.05) is 18.8 Å². The number of hydrogen-bond acceptors (Lipinski definition) is 7. The Bertz CT molecular complexity index is 1200. The number of para-hydroxylation sites is 1. The van der Waals surface area contributed by atoms with Crippen molar-refractivity contribution in [3.8, 4) is 0 Å². The smallest absolute Gasteiger partial charge is 0.460 e. The van der Waals surface area contributed by atoms with Crippen LogP contribution in [0.3, 0.4) is 0 Å². The highest BCUT2D eigenvalue weighted by Crippen LogP contribution is 2.55. The molecule has 1 heterocycles. The molecule has 0 atom stereocenters. The summed E-state index contributed by atoms with van der Waals surface area (Å²) >= 11 is 0. The highest BCUT2D eigenvalue weighted by molar-refractivity contribution is 7.93. The molecular weight excluding hydrogens is 563 g/mol. The molecular formula is C20H21F9N4O4S. The first-order chi connectivity index (χ1) is 17.3. The van der Waals surface area contributed by atoms with E-state index in [0.29, 0.717) is 24.9 Å². The monoisotopic (exact) mass is 584 g/mol. The van der Waals surface area contributed by atoms with Crippen LogP contribution in [0, 0.1) is 0 Å². The van der Waals surface area contributed by atoms with Crippen LogP contribution >= 0.6 is 0 Å². The van der Waals surface area contributed by atoms with Gasteiger partial charge in [-0.05, 0) is 38.8 Å². The van der Waals surface area contributed by atoms with Crippen molar-refractivity contribution in [2.24, 2.45) is 10.2 Å². The summed E-state index contributed by atoms with van der Waals surface area (Å²) < 4.78 is 149. The number of allylic oxidation sites excluding steroid dienone is 1. The normalized spacial score (nSPS) is 16.6. The molecule has 1 aliphatic heterocycles. The summed E-state index contributed by atoms with van der Waals surface area (Å²) in [5.74, 6) is -15.8. The molecule has 1 fully saturated rings. The van der Waals surface area contributed by atoms with Crippen LogP contribution in [0.2, 0.25) is 0 Å². The number of esters is 1. The van der Waals surface area contributed by atoms with Gasteiger partial charge in [0.1, 0.15) is 5.69 Å². The summed E-state index contributed by atoms with van der Waals surface area (Å²) in [5, 5.41) is 0.297. The van der Waals surface area contributed by atoms with E-state index in [1.54, 1.807) is 4.90 Å². The molecule has 1 aromatic rings. The molecule has 0 aliphatic carbocycles. The van der Waals surface area contributed by atoms with Crippen LogP contribution in [0.15, 0.2) is 45.9 Å². The minimum atomic E-state index is -7.41. The molecule has 0 saturated carbocycles. The van der Waals surface area contributed by atoms with E-state index in [1.807, 2.05) is 0 Å². The molecule has 214 valence electrons. The van der Waals surface area contributed by atoms with Gasteiger partial charge in [-0.1, -0.05) is 12.1 Å². The van der Waals surface area contributed by atoms with E-state index >= 15 is 0 Å². The lowest BCUT2D eigenvalue weighted by atomic mass is 10.1. The maximum Gasteiger partial charge on any atom is 0.460 e. The van der Waals surface area contributed by atoms with Crippen molar-refractivity contribution in [1.29, 1.82) is 0 Å². The molecule has 38 heavy (non-hydrogen) atoms. The minimum absolute atomic E-state index is 0.0760. The number of azo groups is 1. The van der Waals surface area contributed by atoms with Gasteiger partial charge in [0.15, 0.2) is 5.70 Å². The predicted molar refractivity (Wildman–Crippen MR) is 115 cm³/mol. The van der Waals surface area contributed by atoms with Gasteiger partial charge >= 0.3 is 39.3 Å². The fraction of sp³-hybridized carbons (Fsp3) is 0.550. The number of anilines is 1. The molecule has 1 N–H and O–H groups in total. The highest BCUT2D eigenvalue weighted by Gasteiger charge is 2.85. The number of alkyl halides is 9. The number of likely N-dealkylation sites (tertiary alicyclic amines) is 1. The second-order valence-corrected chi connectivity index (χ2v) is 9.56. The third-order valence-corrected chi connectivity index (χ3v) is 6.67. The van der Waals surface area contributed by atoms with E-state index in [1.165, 1.54) is 13.8 Å². The van der Waals surface area contributed by atoms with Crippen molar-refractivity contribution < 1.29 is 57.5 Å². The summed E-state index contributed by atoms with van der Waals surface area (Å²) in [5.41, 5.74) is -1.78. The lowest BCUT2D eigenvalue weighted by Gasteiger charge is -2.33. The molecule has 0 unspecified atom stereocenters. The zero-order valence-corrected chi connectivity index (χ0v) is 20.4. The number of sulfonamides is 1. The topological polar surface area (TPSA) is 100 Å². The molecule has 0 amide bonds. The molecule has 8 nitrogen and oxygen atoms in total. The molecule has 0 radical (unpaired) electrons. The number of halogens is 9. The Morgan fingerprint density at radius 2 is 1.55 bits per heavy atom. The van der Waals surface area contributed by atoms with Gasteiger partial charge in [0.25, 0.3) is 0 Å². The number of ether oxygens (including phenoxy) is 1. The lowest BCUT2D eigenvalue weighted by Crippen LogP contribution is -2.64. The summed E-state index contributed by atoms with van der Waals surface area (Å²) in [7, 11) is -6.96. The van der Waals surface area contributed by atoms with E-state index < -0.39 is 50.6 Å². The number of carbonyl (C=O) groups excluding carboxylic acids is 1. The number of nitrogens with zero attached hydrogens (tertiary/aromatic N) is 3. The molecule has 1 aromatic carbocycles. The van der Waals surface area contributed by atoms with Crippen LogP contribution in [-0.2, 0) is 19.6 Å². The van der Waals surface area contributed by atoms with Crippen LogP contribution in [0.5, 0.6) is 0 Å². The van der Waals surface area contributed by atoms with Crippen molar-refractivity contribution in [1.82, 2.24) is 4.90 Å². The number of rotatable bonds is 10. The van der Waals surface area contributed by atoms with E-state index in [-0.39, 0.29) is 12.3 Å². The Morgan fingerprint density at radius 1 is 1.00 bits per heavy atom. The van der Waals surface area contributed by atoms with E-state index in [4.69, 9.17) is 4.74 Å². The van der Waals surface area contributed by atoms with E-state index in [2.05, 4.69) is 10.2 Å². The maximum absolute atomic E-state index is 14.1. The fourth-order valence-electron chi connectivity index (χ4n) is 3.15. The molecule has 0 aromatic heterocycles. The first-order valence-electron chi connectivity index (χ1n) is 10.7. The van der Waals surface area contributed by atoms with Crippen molar-refractivity contribution in [2.45, 2.75) is 50.0 Å². The fourth-order valence-corrected chi connectivity index (χ4v) is 4.21. The summed E-state index contributed by atoms with van der Waals surface area (Å²) in [6, 6.07) is 3.71. The summed E-state index contributed by atoms with van der Waals surface area (Å²) in [6.45, 7) is 4.00. The first kappa shape index (κ1) is 31.2. The molecule has 2 rings (SSSR count). The van der Waals surface area contributed by atoms with E-state index in [9.17, 15) is 52.7 Å². The standard InChI is InChI=1S/C20H21F9N4O4S/c1-3-37-16(34)15(12(2)33-10-6-7-11-33)31-30-13-8-4-5-9-14(13)32-38(35,36)20(28,29)18(23,24)17(21,22)19(25,26)27/h4-5,8-9,32H,3,6-7,10-11H2,1-2H3/b15-12+,31-30?. The largest absolute Gasteiger partial charge is 0.461 e. The Morgan fingerprint density at radius 3 is 2.08 bits per heavy atom. The second-order valence-electron chi connectivity index (χ2n) is 7.83. The second kappa shape index (κ2) is 11.0. The number of nitrogens with one attached hydrogen (secondary N) is 1. The van der Waals surface area contributed by atoms with Gasteiger partial charge in [-0.25, -0.2) is 4.79 Å². The third kappa shape index (κ3) is 5.83. The average Bonchev–Trinajstić information content (AvgIpc) is 3.34. The Hall–Kier alpha value is -3.05. The van der Waals surface area contributed by atoms with Crippen molar-refractivity contribution >= 4 is 27.4 Å². The lowest BCUT2D eigenvalue weighted by molar-refractivity contribution is -0.382. The van der Waals surface area contributed by atoms with Crippen molar-refractivity contribution in [3.05, 3.63) is 35.7 Å². The minimum Gasteiger partial charge on any atom is -0.461 e. The van der Waals surface area contributed by atoms with Crippen molar-refractivity contribution in [2.75, 3.05) is 24.4 Å². The molecule has 1 aliphatic rings. The van der Waals surface area contributed by atoms with Gasteiger partial charge < -0.3 is 9.64 Å². The summed E-state index contributed by atoms with van der Waals surface area (Å²) in [6.07, 6.45) is -5.62. The van der Waals surface area contributed by atoms with Gasteiger partial charge in [-0.3, -0.25) is 4.72 Å². The van der Waals surface area contributed by atoms with E-state index in [0.717, 1.165) is 35.8 Å². The van der Waals surface area contributed by atoms with Crippen LogP contribution in [-0.4, -0.2) is 62.3 Å². The highest BCUT2D eigenvalue weighted by atomic mass is 32.2. The Kier molecular flexibility index (Phi) is 9.00. The Balaban J connectivity index is 2.49. The van der Waals surface area contributed by atoms with Crippen LogP contribution in [0.25, 0.3) is 0 Å². The van der Waals surface area contributed by atoms with Crippen molar-refractivity contribution in [3.63, 3.8) is 0 Å². The van der Waals surface area contributed by atoms with Crippen LogP contribution in [0.4, 0.5) is 50.9 Å². The average molecular weight is 584 g/mol. The number of benzene rings is 1. The van der Waals surface area contributed by atoms with Crippen LogP contribution in [0.1, 0.15) is 26.7 Å². The van der Waals surface area contributed by atoms with Crippen LogP contribution < -0.4 is 4.72 Å². The SMILES string of the molecule is CCOC(=O)/C(N=Nc1ccccc1NS(=O)(=O)C(F)(F)C(F)(F)C(F)(F)C(F)(F)F)=C(/C)N1CCCC1. The molecule has 0 spiro atoms. The zero-order chi connectivity index (χ0) is 29.2. The first-order valence-corrected chi connectivity index (χ1v) is 12.2. The Labute approximate surface area is 210 Å². The molecule has 1 saturated heterocycles. The van der Waals surface area contributed by atoms with Gasteiger partial charge in [-0.15, -0.1) is 10.2 Å². The maximum atomic E-state index is 14.1.